The zero-order valence-electron chi connectivity index (χ0n) is 14.7. The van der Waals surface area contributed by atoms with Crippen LogP contribution in [-0.2, 0) is 19.4 Å². The summed E-state index contributed by atoms with van der Waals surface area (Å²) in [6.45, 7) is 6.34. The van der Waals surface area contributed by atoms with Crippen LogP contribution in [0.15, 0.2) is 16.9 Å². The third-order valence-electron chi connectivity index (χ3n) is 4.13. The normalized spacial score (nSPS) is 10.7. The van der Waals surface area contributed by atoms with Crippen molar-refractivity contribution in [3.63, 3.8) is 0 Å². The Labute approximate surface area is 141 Å². The molecule has 0 atom stereocenters. The minimum Gasteiger partial charge on any atom is -0.481 e. The Hall–Kier alpha value is -2.34. The van der Waals surface area contributed by atoms with Gasteiger partial charge in [-0.15, -0.1) is 0 Å². The number of aryl methyl sites for hydroxylation is 3. The fourth-order valence-corrected chi connectivity index (χ4v) is 2.70. The number of hydrogen-bond donors (Lipinski definition) is 3. The SMILES string of the molecule is CCc1cc(NCc2cc(CCO)c(C)nc2OC)c(=O)[nH]c1C. The van der Waals surface area contributed by atoms with Crippen LogP contribution in [0.25, 0.3) is 0 Å². The van der Waals surface area contributed by atoms with E-state index >= 15 is 0 Å². The number of pyridine rings is 2. The monoisotopic (exact) mass is 331 g/mol. The van der Waals surface area contributed by atoms with Crippen molar-refractivity contribution in [2.75, 3.05) is 19.0 Å². The second-order valence-corrected chi connectivity index (χ2v) is 5.74. The first kappa shape index (κ1) is 18.0. The maximum absolute atomic E-state index is 12.1. The standard InChI is InChI=1S/C18H25N3O3/c1-5-13-9-16(17(23)20-11(13)2)19-10-15-8-14(6-7-22)12(3)21-18(15)24-4/h8-9,19,22H,5-7,10H2,1-4H3,(H,20,23). The molecule has 0 unspecified atom stereocenters. The molecular formula is C18H25N3O3. The van der Waals surface area contributed by atoms with E-state index in [1.807, 2.05) is 26.0 Å². The molecule has 3 N–H and O–H groups in total. The van der Waals surface area contributed by atoms with E-state index < -0.39 is 0 Å². The Kier molecular flexibility index (Phi) is 5.98. The highest BCUT2D eigenvalue weighted by Crippen LogP contribution is 2.21. The molecule has 6 nitrogen and oxygen atoms in total. The first-order valence-electron chi connectivity index (χ1n) is 8.11. The summed E-state index contributed by atoms with van der Waals surface area (Å²) in [6, 6.07) is 3.85. The number of aromatic amines is 1. The molecule has 24 heavy (non-hydrogen) atoms. The molecule has 0 fully saturated rings. The van der Waals surface area contributed by atoms with Gasteiger partial charge in [0.2, 0.25) is 5.88 Å². The van der Waals surface area contributed by atoms with Gasteiger partial charge in [0.15, 0.2) is 0 Å². The van der Waals surface area contributed by atoms with E-state index in [9.17, 15) is 4.79 Å². The fourth-order valence-electron chi connectivity index (χ4n) is 2.70. The maximum Gasteiger partial charge on any atom is 0.271 e. The fraction of sp³-hybridized carbons (Fsp3) is 0.444. The number of H-pyrrole nitrogens is 1. The number of nitrogens with one attached hydrogen (secondary N) is 2. The molecule has 0 saturated carbocycles. The molecule has 2 heterocycles. The lowest BCUT2D eigenvalue weighted by Crippen LogP contribution is -2.17. The Morgan fingerprint density at radius 1 is 1.25 bits per heavy atom. The van der Waals surface area contributed by atoms with Crippen LogP contribution < -0.4 is 15.6 Å². The van der Waals surface area contributed by atoms with E-state index in [0.717, 1.165) is 34.5 Å². The number of methoxy groups -OCH3 is 1. The number of aromatic nitrogens is 2. The van der Waals surface area contributed by atoms with Crippen LogP contribution in [0, 0.1) is 13.8 Å². The van der Waals surface area contributed by atoms with Gasteiger partial charge in [-0.05, 0) is 49.9 Å². The average Bonchev–Trinajstić information content (AvgIpc) is 2.56. The molecule has 6 heteroatoms. The summed E-state index contributed by atoms with van der Waals surface area (Å²) in [5.41, 5.74) is 5.06. The van der Waals surface area contributed by atoms with E-state index in [1.165, 1.54) is 0 Å². The molecule has 0 spiro atoms. The van der Waals surface area contributed by atoms with Crippen molar-refractivity contribution >= 4 is 5.69 Å². The van der Waals surface area contributed by atoms with Crippen LogP contribution in [0.4, 0.5) is 5.69 Å². The van der Waals surface area contributed by atoms with Gasteiger partial charge in [-0.2, -0.15) is 0 Å². The maximum atomic E-state index is 12.1. The number of rotatable bonds is 7. The van der Waals surface area contributed by atoms with Crippen molar-refractivity contribution in [3.8, 4) is 5.88 Å². The number of anilines is 1. The van der Waals surface area contributed by atoms with E-state index in [0.29, 0.717) is 24.5 Å². The molecule has 0 aliphatic heterocycles. The smallest absolute Gasteiger partial charge is 0.271 e. The lowest BCUT2D eigenvalue weighted by Gasteiger charge is -2.14. The first-order valence-corrected chi connectivity index (χ1v) is 8.11. The van der Waals surface area contributed by atoms with Crippen molar-refractivity contribution in [1.29, 1.82) is 0 Å². The third kappa shape index (κ3) is 3.94. The van der Waals surface area contributed by atoms with Crippen LogP contribution >= 0.6 is 0 Å². The second-order valence-electron chi connectivity index (χ2n) is 5.74. The molecule has 0 bridgehead atoms. The lowest BCUT2D eigenvalue weighted by atomic mass is 10.1. The van der Waals surface area contributed by atoms with Crippen LogP contribution in [0.3, 0.4) is 0 Å². The van der Waals surface area contributed by atoms with Gasteiger partial charge in [-0.1, -0.05) is 6.92 Å². The number of hydrogen-bond acceptors (Lipinski definition) is 5. The lowest BCUT2D eigenvalue weighted by molar-refractivity contribution is 0.299. The van der Waals surface area contributed by atoms with E-state index in [2.05, 4.69) is 22.2 Å². The van der Waals surface area contributed by atoms with Gasteiger partial charge in [-0.25, -0.2) is 4.98 Å². The molecule has 2 aromatic heterocycles. The Morgan fingerprint density at radius 2 is 2.00 bits per heavy atom. The largest absolute Gasteiger partial charge is 0.481 e. The summed E-state index contributed by atoms with van der Waals surface area (Å²) in [5, 5.41) is 12.3. The summed E-state index contributed by atoms with van der Waals surface area (Å²) in [6.07, 6.45) is 1.40. The van der Waals surface area contributed by atoms with Gasteiger partial charge < -0.3 is 20.1 Å². The minimum absolute atomic E-state index is 0.0687. The molecule has 0 saturated heterocycles. The highest BCUT2D eigenvalue weighted by Gasteiger charge is 2.11. The van der Waals surface area contributed by atoms with E-state index in [1.54, 1.807) is 7.11 Å². The molecule has 0 amide bonds. The first-order chi connectivity index (χ1) is 11.5. The quantitative estimate of drug-likeness (QED) is 0.723. The summed E-state index contributed by atoms with van der Waals surface area (Å²) in [5.74, 6) is 0.529. The molecule has 2 rings (SSSR count). The molecule has 0 aliphatic rings. The summed E-state index contributed by atoms with van der Waals surface area (Å²) in [4.78, 5) is 19.4. The predicted octanol–water partition coefficient (Wildman–Crippen LogP) is 2.10. The molecule has 2 aromatic rings. The van der Waals surface area contributed by atoms with E-state index in [-0.39, 0.29) is 12.2 Å². The zero-order chi connectivity index (χ0) is 17.7. The van der Waals surface area contributed by atoms with E-state index in [4.69, 9.17) is 9.84 Å². The van der Waals surface area contributed by atoms with Crippen molar-refractivity contribution in [1.82, 2.24) is 9.97 Å². The number of aliphatic hydroxyl groups excluding tert-OH is 1. The average molecular weight is 331 g/mol. The summed E-state index contributed by atoms with van der Waals surface area (Å²) in [7, 11) is 1.57. The van der Waals surface area contributed by atoms with Crippen LogP contribution in [0.5, 0.6) is 5.88 Å². The van der Waals surface area contributed by atoms with Crippen molar-refractivity contribution in [3.05, 3.63) is 50.6 Å². The summed E-state index contributed by atoms with van der Waals surface area (Å²) < 4.78 is 5.34. The number of nitrogens with zero attached hydrogens (tertiary/aromatic N) is 1. The van der Waals surface area contributed by atoms with Crippen molar-refractivity contribution in [2.24, 2.45) is 0 Å². The number of ether oxygens (including phenoxy) is 1. The topological polar surface area (TPSA) is 87.2 Å². The molecule has 0 radical (unpaired) electrons. The Balaban J connectivity index is 2.28. The Bertz CT molecular complexity index is 769. The van der Waals surface area contributed by atoms with Gasteiger partial charge in [0.05, 0.1) is 7.11 Å². The highest BCUT2D eigenvalue weighted by atomic mass is 16.5. The van der Waals surface area contributed by atoms with Crippen molar-refractivity contribution in [2.45, 2.75) is 40.2 Å². The third-order valence-corrected chi connectivity index (χ3v) is 4.13. The summed E-state index contributed by atoms with van der Waals surface area (Å²) >= 11 is 0. The van der Waals surface area contributed by atoms with Gasteiger partial charge in [0.1, 0.15) is 5.69 Å². The van der Waals surface area contributed by atoms with Crippen LogP contribution in [-0.4, -0.2) is 28.8 Å². The predicted molar refractivity (Wildman–Crippen MR) is 94.8 cm³/mol. The van der Waals surface area contributed by atoms with Crippen LogP contribution in [0.2, 0.25) is 0 Å². The molecular weight excluding hydrogens is 306 g/mol. The van der Waals surface area contributed by atoms with Gasteiger partial charge in [0.25, 0.3) is 5.56 Å². The Morgan fingerprint density at radius 3 is 2.62 bits per heavy atom. The van der Waals surface area contributed by atoms with Crippen LogP contribution in [0.1, 0.15) is 35.0 Å². The van der Waals surface area contributed by atoms with Gasteiger partial charge >= 0.3 is 0 Å². The van der Waals surface area contributed by atoms with Crippen molar-refractivity contribution < 1.29 is 9.84 Å². The zero-order valence-corrected chi connectivity index (χ0v) is 14.7. The highest BCUT2D eigenvalue weighted by molar-refractivity contribution is 5.46. The molecule has 130 valence electrons. The second kappa shape index (κ2) is 7.97. The van der Waals surface area contributed by atoms with Gasteiger partial charge in [-0.3, -0.25) is 4.79 Å². The molecule has 0 aliphatic carbocycles. The minimum atomic E-state index is -0.140. The number of aliphatic hydroxyl groups is 1. The molecule has 0 aromatic carbocycles. The van der Waals surface area contributed by atoms with Gasteiger partial charge in [0, 0.05) is 30.1 Å².